The standard InChI is InChI=1S/C35H32BrN9O4/c1-19-16-49-17-23-5-7-30(36)40-33(23)41-34(48)28-9-35(18-43-14-25(19)13-39-43)10-29(35)45(28)31(47)15-44-27-6-4-22(24-11-37-21(3)38-12-24)8-26(27)32(42-44)20(2)46/h4-8,11-14,28-29H,1,9-10,15-18H2,2-3H3,(H,40,41,48)/t28-,29+,35-/m0/s1. The Hall–Kier alpha value is -5.08. The molecule has 8 rings (SSSR count). The van der Waals surface area contributed by atoms with E-state index in [9.17, 15) is 14.4 Å². The molecule has 6 heterocycles. The summed E-state index contributed by atoms with van der Waals surface area (Å²) in [5.41, 5.74) is 4.57. The van der Waals surface area contributed by atoms with Gasteiger partial charge in [-0.2, -0.15) is 10.2 Å². The molecule has 3 aliphatic rings. The number of likely N-dealkylation sites (tertiary alicyclic amines) is 1. The number of Topliss-reactive ketones (excluding diaryl/α,β-unsaturated/α-hetero) is 1. The molecule has 4 bridgehead atoms. The van der Waals surface area contributed by atoms with Gasteiger partial charge >= 0.3 is 0 Å². The van der Waals surface area contributed by atoms with Gasteiger partial charge in [0.2, 0.25) is 11.8 Å². The number of pyridine rings is 1. The van der Waals surface area contributed by atoms with Crippen LogP contribution in [-0.2, 0) is 34.0 Å². The maximum absolute atomic E-state index is 14.3. The molecule has 248 valence electrons. The van der Waals surface area contributed by atoms with Crippen LogP contribution in [0.3, 0.4) is 0 Å². The van der Waals surface area contributed by atoms with E-state index >= 15 is 0 Å². The van der Waals surface area contributed by atoms with Gasteiger partial charge in [0, 0.05) is 65.6 Å². The van der Waals surface area contributed by atoms with Crippen molar-refractivity contribution in [1.29, 1.82) is 0 Å². The third-order valence-corrected chi connectivity index (χ3v) is 10.2. The highest BCUT2D eigenvalue weighted by Crippen LogP contribution is 2.60. The average Bonchev–Trinajstić information content (AvgIpc) is 3.36. The lowest BCUT2D eigenvalue weighted by Crippen LogP contribution is -2.47. The molecule has 1 saturated heterocycles. The fourth-order valence-corrected chi connectivity index (χ4v) is 7.45. The number of benzene rings is 1. The van der Waals surface area contributed by atoms with E-state index in [1.54, 1.807) is 34.2 Å². The minimum atomic E-state index is -0.752. The van der Waals surface area contributed by atoms with Crippen molar-refractivity contribution in [1.82, 2.24) is 39.4 Å². The van der Waals surface area contributed by atoms with Crippen LogP contribution in [0, 0.1) is 12.3 Å². The van der Waals surface area contributed by atoms with Gasteiger partial charge in [0.05, 0.1) is 24.9 Å². The number of halogens is 1. The first kappa shape index (κ1) is 31.2. The van der Waals surface area contributed by atoms with Gasteiger partial charge in [0.25, 0.3) is 0 Å². The van der Waals surface area contributed by atoms with Crippen LogP contribution in [0.5, 0.6) is 0 Å². The van der Waals surface area contributed by atoms with E-state index in [1.807, 2.05) is 42.1 Å². The molecule has 49 heavy (non-hydrogen) atoms. The normalized spacial score (nSPS) is 21.8. The number of ketones is 1. The first-order chi connectivity index (χ1) is 23.6. The number of carbonyl (C=O) groups is 3. The van der Waals surface area contributed by atoms with Crippen molar-refractivity contribution in [3.63, 3.8) is 0 Å². The zero-order chi connectivity index (χ0) is 34.0. The smallest absolute Gasteiger partial charge is 0.248 e. The summed E-state index contributed by atoms with van der Waals surface area (Å²) in [4.78, 5) is 56.0. The predicted octanol–water partition coefficient (Wildman–Crippen LogP) is 4.60. The first-order valence-corrected chi connectivity index (χ1v) is 16.7. The number of hydrogen-bond donors (Lipinski definition) is 1. The van der Waals surface area contributed by atoms with Gasteiger partial charge in [-0.25, -0.2) is 15.0 Å². The average molecular weight is 723 g/mol. The molecule has 2 aliphatic heterocycles. The topological polar surface area (TPSA) is 150 Å². The van der Waals surface area contributed by atoms with Crippen LogP contribution in [-0.4, -0.2) is 75.7 Å². The second-order valence-corrected chi connectivity index (χ2v) is 13.9. The number of nitrogens with one attached hydrogen (secondary N) is 1. The lowest BCUT2D eigenvalue weighted by Gasteiger charge is -2.27. The summed E-state index contributed by atoms with van der Waals surface area (Å²) in [7, 11) is 0. The molecule has 14 heteroatoms. The minimum Gasteiger partial charge on any atom is -0.372 e. The number of carbonyl (C=O) groups excluding carboxylic acids is 3. The van der Waals surface area contributed by atoms with E-state index in [0.29, 0.717) is 52.3 Å². The highest BCUT2D eigenvalue weighted by molar-refractivity contribution is 9.10. The Balaban J connectivity index is 1.14. The van der Waals surface area contributed by atoms with Crippen LogP contribution in [0.1, 0.15) is 47.2 Å². The van der Waals surface area contributed by atoms with Gasteiger partial charge in [0.1, 0.15) is 34.5 Å². The van der Waals surface area contributed by atoms with E-state index in [4.69, 9.17) is 4.74 Å². The Morgan fingerprint density at radius 2 is 1.90 bits per heavy atom. The van der Waals surface area contributed by atoms with Crippen molar-refractivity contribution in [2.45, 2.75) is 58.5 Å². The summed E-state index contributed by atoms with van der Waals surface area (Å²) in [6, 6.07) is 8.34. The largest absolute Gasteiger partial charge is 0.372 e. The first-order valence-electron chi connectivity index (χ1n) is 15.9. The molecule has 5 aromatic rings. The third-order valence-electron chi connectivity index (χ3n) is 9.73. The summed E-state index contributed by atoms with van der Waals surface area (Å²) in [6.07, 6.45) is 8.38. The molecule has 2 fully saturated rings. The number of ether oxygens (including phenoxy) is 1. The number of aromatic nitrogens is 7. The van der Waals surface area contributed by atoms with Gasteiger partial charge in [-0.3, -0.25) is 23.7 Å². The van der Waals surface area contributed by atoms with E-state index in [1.165, 1.54) is 6.92 Å². The van der Waals surface area contributed by atoms with Crippen molar-refractivity contribution in [2.75, 3.05) is 11.9 Å². The number of amides is 2. The van der Waals surface area contributed by atoms with Crippen molar-refractivity contribution in [2.24, 2.45) is 5.41 Å². The lowest BCUT2D eigenvalue weighted by molar-refractivity contribution is -0.138. The number of anilines is 1. The molecule has 13 nitrogen and oxygen atoms in total. The van der Waals surface area contributed by atoms with Gasteiger partial charge < -0.3 is 15.0 Å². The highest BCUT2D eigenvalue weighted by Gasteiger charge is 2.67. The van der Waals surface area contributed by atoms with E-state index in [0.717, 1.165) is 28.7 Å². The SMILES string of the molecule is C=C1COCc2ccc(Br)nc2NC(=O)[C@@H]2C[C@]3(C[C@H]3N2C(=O)Cn2nc(C(C)=O)c3cc(-c4cnc(C)nc4)ccc32)Cn2cc1cn2. The van der Waals surface area contributed by atoms with Crippen LogP contribution in [0.2, 0.25) is 0 Å². The van der Waals surface area contributed by atoms with E-state index in [2.05, 4.69) is 53.0 Å². The molecule has 4 aromatic heterocycles. The second-order valence-electron chi connectivity index (χ2n) is 13.1. The third kappa shape index (κ3) is 5.64. The zero-order valence-electron chi connectivity index (χ0n) is 26.9. The summed E-state index contributed by atoms with van der Waals surface area (Å²) in [5.74, 6) is 0.218. The van der Waals surface area contributed by atoms with Crippen molar-refractivity contribution in [3.05, 3.63) is 88.9 Å². The minimum absolute atomic E-state index is 0.146. The predicted molar refractivity (Wildman–Crippen MR) is 183 cm³/mol. The maximum atomic E-state index is 14.3. The lowest BCUT2D eigenvalue weighted by atomic mass is 9.99. The molecule has 1 saturated carbocycles. The van der Waals surface area contributed by atoms with Gasteiger partial charge in [-0.05, 0) is 65.0 Å². The van der Waals surface area contributed by atoms with Gasteiger partial charge in [0.15, 0.2) is 5.78 Å². The summed E-state index contributed by atoms with van der Waals surface area (Å²) in [5, 5.41) is 12.8. The Labute approximate surface area is 289 Å². The van der Waals surface area contributed by atoms with Gasteiger partial charge in [-0.1, -0.05) is 18.7 Å². The summed E-state index contributed by atoms with van der Waals surface area (Å²) < 4.78 is 9.94. The molecule has 0 unspecified atom stereocenters. The zero-order valence-corrected chi connectivity index (χ0v) is 28.5. The number of piperidine rings is 1. The van der Waals surface area contributed by atoms with Crippen molar-refractivity contribution in [3.8, 4) is 11.1 Å². The number of rotatable bonds is 4. The molecule has 0 radical (unpaired) electrons. The Morgan fingerprint density at radius 1 is 1.08 bits per heavy atom. The highest BCUT2D eigenvalue weighted by atomic mass is 79.9. The van der Waals surface area contributed by atoms with Crippen molar-refractivity contribution < 1.29 is 19.1 Å². The maximum Gasteiger partial charge on any atom is 0.248 e. The molecule has 1 aromatic carbocycles. The van der Waals surface area contributed by atoms with E-state index < -0.39 is 6.04 Å². The Bertz CT molecular complexity index is 2190. The Kier molecular flexibility index (Phi) is 7.52. The molecule has 3 atom stereocenters. The molecule has 2 amide bonds. The fourth-order valence-electron chi connectivity index (χ4n) is 7.14. The molecular formula is C35H32BrN9O4. The fraction of sp³-hybridized carbons (Fsp3) is 0.314. The van der Waals surface area contributed by atoms with Crippen molar-refractivity contribution >= 4 is 55.8 Å². The number of aryl methyl sites for hydroxylation is 1. The molecule has 1 aliphatic carbocycles. The van der Waals surface area contributed by atoms with Crippen LogP contribution in [0.25, 0.3) is 27.6 Å². The summed E-state index contributed by atoms with van der Waals surface area (Å²) >= 11 is 3.41. The van der Waals surface area contributed by atoms with Crippen LogP contribution < -0.4 is 5.32 Å². The molecule has 1 N–H and O–H groups in total. The van der Waals surface area contributed by atoms with Crippen LogP contribution >= 0.6 is 15.9 Å². The molecule has 1 spiro atoms. The number of fused-ring (bicyclic) bond motifs is 5. The number of nitrogens with zero attached hydrogens (tertiary/aromatic N) is 8. The van der Waals surface area contributed by atoms with Crippen LogP contribution in [0.15, 0.2) is 66.3 Å². The monoisotopic (exact) mass is 721 g/mol. The van der Waals surface area contributed by atoms with Gasteiger partial charge in [-0.15, -0.1) is 0 Å². The van der Waals surface area contributed by atoms with E-state index in [-0.39, 0.29) is 47.9 Å². The van der Waals surface area contributed by atoms with Crippen LogP contribution in [0.4, 0.5) is 5.82 Å². The second kappa shape index (κ2) is 11.8. The number of hydrogen-bond acceptors (Lipinski definition) is 9. The Morgan fingerprint density at radius 3 is 2.69 bits per heavy atom. The molecular weight excluding hydrogens is 690 g/mol. The quantitative estimate of drug-likeness (QED) is 0.208. The summed E-state index contributed by atoms with van der Waals surface area (Å²) in [6.45, 7) is 8.35.